The van der Waals surface area contributed by atoms with E-state index in [1.165, 1.54) is 6.26 Å². The normalized spacial score (nSPS) is 23.2. The molecule has 136 valence electrons. The fraction of sp³-hybridized carbons (Fsp3) is 0.450. The van der Waals surface area contributed by atoms with Gasteiger partial charge in [0, 0.05) is 28.4 Å². The van der Waals surface area contributed by atoms with Gasteiger partial charge in [-0.1, -0.05) is 24.8 Å². The van der Waals surface area contributed by atoms with Crippen molar-refractivity contribution in [3.05, 3.63) is 55.0 Å². The second kappa shape index (κ2) is 9.11. The molecule has 1 aromatic rings. The molecule has 4 nitrogen and oxygen atoms in total. The van der Waals surface area contributed by atoms with E-state index in [1.807, 2.05) is 25.1 Å². The number of carbonyl (C=O) groups excluding carboxylic acids is 1. The molecule has 3 atom stereocenters. The summed E-state index contributed by atoms with van der Waals surface area (Å²) in [5, 5.41) is 0. The van der Waals surface area contributed by atoms with Gasteiger partial charge in [-0.05, 0) is 31.6 Å². The molecular formula is C20H26O4S. The molecule has 0 radical (unpaired) electrons. The van der Waals surface area contributed by atoms with E-state index >= 15 is 0 Å². The minimum Gasteiger partial charge on any atom is -0.504 e. The summed E-state index contributed by atoms with van der Waals surface area (Å²) >= 11 is 1.74. The Morgan fingerprint density at radius 1 is 1.36 bits per heavy atom. The standard InChI is InChI=1S/C20H26O4S/c1-5-23-14-24-19-12-16(21)11-18(19)20(3,15(2)13-22-4)25-17-9-7-6-8-10-17/h5-10,13,18-19H,1,11-12,14H2,2-4H3. The molecule has 0 heterocycles. The van der Waals surface area contributed by atoms with Gasteiger partial charge in [-0.3, -0.25) is 4.79 Å². The summed E-state index contributed by atoms with van der Waals surface area (Å²) < 4.78 is 15.9. The number of benzene rings is 1. The molecule has 1 fully saturated rings. The first-order valence-corrected chi connectivity index (χ1v) is 9.12. The molecule has 2 rings (SSSR count). The Labute approximate surface area is 154 Å². The fourth-order valence-corrected chi connectivity index (χ4v) is 4.58. The van der Waals surface area contributed by atoms with Gasteiger partial charge >= 0.3 is 0 Å². The summed E-state index contributed by atoms with van der Waals surface area (Å²) in [6.07, 6.45) is 3.82. The molecule has 3 unspecified atom stereocenters. The highest BCUT2D eigenvalue weighted by atomic mass is 32.2. The van der Waals surface area contributed by atoms with E-state index < -0.39 is 0 Å². The van der Waals surface area contributed by atoms with Crippen molar-refractivity contribution in [1.82, 2.24) is 0 Å². The van der Waals surface area contributed by atoms with E-state index in [1.54, 1.807) is 25.1 Å². The molecule has 0 amide bonds. The molecule has 1 saturated carbocycles. The Kier molecular flexibility index (Phi) is 7.14. The number of thioether (sulfide) groups is 1. The predicted octanol–water partition coefficient (Wildman–Crippen LogP) is 4.57. The van der Waals surface area contributed by atoms with Crippen LogP contribution in [0.1, 0.15) is 26.7 Å². The van der Waals surface area contributed by atoms with Crippen molar-refractivity contribution in [1.29, 1.82) is 0 Å². The number of hydrogen-bond acceptors (Lipinski definition) is 5. The Morgan fingerprint density at radius 2 is 2.08 bits per heavy atom. The van der Waals surface area contributed by atoms with E-state index in [2.05, 4.69) is 25.6 Å². The second-order valence-corrected chi connectivity index (χ2v) is 7.79. The maximum atomic E-state index is 12.2. The zero-order valence-corrected chi connectivity index (χ0v) is 15.9. The number of carbonyl (C=O) groups is 1. The van der Waals surface area contributed by atoms with Crippen LogP contribution < -0.4 is 0 Å². The molecule has 5 heteroatoms. The molecule has 0 bridgehead atoms. The zero-order chi connectivity index (χ0) is 18.3. The Hall–Kier alpha value is -1.72. The largest absolute Gasteiger partial charge is 0.504 e. The average Bonchev–Trinajstić information content (AvgIpc) is 2.97. The average molecular weight is 362 g/mol. The third-order valence-corrected chi connectivity index (χ3v) is 6.21. The minimum absolute atomic E-state index is 0.0324. The van der Waals surface area contributed by atoms with Crippen molar-refractivity contribution in [2.45, 2.75) is 42.4 Å². The highest BCUT2D eigenvalue weighted by molar-refractivity contribution is 8.00. The van der Waals surface area contributed by atoms with Crippen LogP contribution in [-0.2, 0) is 19.0 Å². The van der Waals surface area contributed by atoms with E-state index in [4.69, 9.17) is 14.2 Å². The van der Waals surface area contributed by atoms with Crippen molar-refractivity contribution in [3.8, 4) is 0 Å². The number of methoxy groups -OCH3 is 1. The van der Waals surface area contributed by atoms with Gasteiger partial charge in [-0.2, -0.15) is 0 Å². The highest BCUT2D eigenvalue weighted by Crippen LogP contribution is 2.49. The second-order valence-electron chi connectivity index (χ2n) is 6.27. The van der Waals surface area contributed by atoms with E-state index in [0.717, 1.165) is 10.5 Å². The van der Waals surface area contributed by atoms with Gasteiger partial charge < -0.3 is 14.2 Å². The maximum absolute atomic E-state index is 12.2. The molecule has 0 aliphatic heterocycles. The van der Waals surface area contributed by atoms with Gasteiger partial charge in [0.1, 0.15) is 5.78 Å². The van der Waals surface area contributed by atoms with Crippen LogP contribution in [-0.4, -0.2) is 30.5 Å². The van der Waals surface area contributed by atoms with Gasteiger partial charge in [0.2, 0.25) is 0 Å². The number of ether oxygens (including phenoxy) is 3. The predicted molar refractivity (Wildman–Crippen MR) is 100 cm³/mol. The van der Waals surface area contributed by atoms with Crippen LogP contribution in [0.15, 0.2) is 59.9 Å². The molecule has 25 heavy (non-hydrogen) atoms. The number of rotatable bonds is 9. The van der Waals surface area contributed by atoms with E-state index in [9.17, 15) is 4.79 Å². The molecular weight excluding hydrogens is 336 g/mol. The minimum atomic E-state index is -0.331. The molecule has 1 aromatic carbocycles. The van der Waals surface area contributed by atoms with Crippen LogP contribution in [0.2, 0.25) is 0 Å². The van der Waals surface area contributed by atoms with Crippen LogP contribution in [0.3, 0.4) is 0 Å². The van der Waals surface area contributed by atoms with Crippen molar-refractivity contribution < 1.29 is 19.0 Å². The Morgan fingerprint density at radius 3 is 2.72 bits per heavy atom. The van der Waals surface area contributed by atoms with Gasteiger partial charge in [0.15, 0.2) is 6.79 Å². The van der Waals surface area contributed by atoms with Gasteiger partial charge in [0.05, 0.1) is 25.7 Å². The fourth-order valence-electron chi connectivity index (χ4n) is 3.20. The molecule has 0 aromatic heterocycles. The van der Waals surface area contributed by atoms with Crippen LogP contribution in [0.4, 0.5) is 0 Å². The number of ketones is 1. The number of hydrogen-bond donors (Lipinski definition) is 0. The Bertz CT molecular complexity index is 613. The van der Waals surface area contributed by atoms with Crippen molar-refractivity contribution in [3.63, 3.8) is 0 Å². The lowest BCUT2D eigenvalue weighted by molar-refractivity contribution is -0.119. The third-order valence-electron chi connectivity index (χ3n) is 4.65. The maximum Gasteiger partial charge on any atom is 0.188 e. The summed E-state index contributed by atoms with van der Waals surface area (Å²) in [7, 11) is 1.64. The van der Waals surface area contributed by atoms with Crippen molar-refractivity contribution in [2.75, 3.05) is 13.9 Å². The van der Waals surface area contributed by atoms with Crippen LogP contribution in [0.25, 0.3) is 0 Å². The van der Waals surface area contributed by atoms with Crippen molar-refractivity contribution in [2.24, 2.45) is 5.92 Å². The summed E-state index contributed by atoms with van der Waals surface area (Å²) in [6.45, 7) is 7.82. The molecule has 0 saturated heterocycles. The smallest absolute Gasteiger partial charge is 0.188 e. The SMILES string of the molecule is C=COCOC1CC(=O)CC1C(C)(Sc1ccccc1)C(C)=COC. The lowest BCUT2D eigenvalue weighted by Gasteiger charge is -2.38. The Balaban J connectivity index is 2.30. The van der Waals surface area contributed by atoms with Crippen LogP contribution in [0, 0.1) is 5.92 Å². The first kappa shape index (κ1) is 19.6. The monoisotopic (exact) mass is 362 g/mol. The first-order chi connectivity index (χ1) is 12.0. The summed E-state index contributed by atoms with van der Waals surface area (Å²) in [5.41, 5.74) is 1.07. The van der Waals surface area contributed by atoms with Crippen LogP contribution >= 0.6 is 11.8 Å². The van der Waals surface area contributed by atoms with E-state index in [-0.39, 0.29) is 29.3 Å². The van der Waals surface area contributed by atoms with Gasteiger partial charge in [0.25, 0.3) is 0 Å². The van der Waals surface area contributed by atoms with Crippen LogP contribution in [0.5, 0.6) is 0 Å². The molecule has 1 aliphatic rings. The summed E-state index contributed by atoms with van der Waals surface area (Å²) in [6, 6.07) is 10.2. The molecule has 0 spiro atoms. The zero-order valence-electron chi connectivity index (χ0n) is 15.1. The summed E-state index contributed by atoms with van der Waals surface area (Å²) in [4.78, 5) is 13.3. The molecule has 0 N–H and O–H groups in total. The van der Waals surface area contributed by atoms with Gasteiger partial charge in [-0.25, -0.2) is 0 Å². The van der Waals surface area contributed by atoms with Crippen molar-refractivity contribution >= 4 is 17.5 Å². The highest BCUT2D eigenvalue weighted by Gasteiger charge is 2.47. The lowest BCUT2D eigenvalue weighted by Crippen LogP contribution is -2.39. The third kappa shape index (κ3) is 4.89. The molecule has 1 aliphatic carbocycles. The summed E-state index contributed by atoms with van der Waals surface area (Å²) in [5.74, 6) is 0.253. The number of Topliss-reactive ketones (excluding diaryl/α,β-unsaturated/α-hetero) is 1. The lowest BCUT2D eigenvalue weighted by atomic mass is 9.84. The first-order valence-electron chi connectivity index (χ1n) is 8.31. The topological polar surface area (TPSA) is 44.8 Å². The van der Waals surface area contributed by atoms with E-state index in [0.29, 0.717) is 12.8 Å². The quantitative estimate of drug-likeness (QED) is 0.279. The van der Waals surface area contributed by atoms with Gasteiger partial charge in [-0.15, -0.1) is 11.8 Å².